The van der Waals surface area contributed by atoms with Crippen LogP contribution in [0.4, 0.5) is 0 Å². The molecule has 0 fully saturated rings. The predicted octanol–water partition coefficient (Wildman–Crippen LogP) is 4.05. The van der Waals surface area contributed by atoms with Crippen molar-refractivity contribution in [2.24, 2.45) is 0 Å². The second-order valence-electron chi connectivity index (χ2n) is 4.99. The van der Waals surface area contributed by atoms with Crippen LogP contribution in [-0.2, 0) is 6.42 Å². The van der Waals surface area contributed by atoms with Gasteiger partial charge in [-0.3, -0.25) is 4.98 Å². The maximum absolute atomic E-state index is 5.28. The lowest BCUT2D eigenvalue weighted by molar-refractivity contribution is 0.412. The summed E-state index contributed by atoms with van der Waals surface area (Å²) in [7, 11) is 1.68. The summed E-state index contributed by atoms with van der Waals surface area (Å²) in [6.45, 7) is 5.06. The minimum atomic E-state index is 0.218. The van der Waals surface area contributed by atoms with Crippen LogP contribution in [-0.4, -0.2) is 18.6 Å². The molecule has 1 N–H and O–H groups in total. The number of aryl methyl sites for hydroxylation is 1. The Balaban J connectivity index is 2.22. The number of nitrogens with zero attached hydrogens (tertiary/aromatic N) is 1. The van der Waals surface area contributed by atoms with Crippen molar-refractivity contribution in [2.75, 3.05) is 13.7 Å². The molecule has 0 aliphatic rings. The molecule has 2 rings (SSSR count). The number of methoxy groups -OCH3 is 1. The van der Waals surface area contributed by atoms with Crippen molar-refractivity contribution >= 4 is 15.9 Å². The van der Waals surface area contributed by atoms with Crippen molar-refractivity contribution in [3.63, 3.8) is 0 Å². The molecule has 21 heavy (non-hydrogen) atoms. The average molecular weight is 349 g/mol. The first-order chi connectivity index (χ1) is 10.1. The highest BCUT2D eigenvalue weighted by Gasteiger charge is 2.13. The monoisotopic (exact) mass is 348 g/mol. The van der Waals surface area contributed by atoms with Gasteiger partial charge in [0.05, 0.1) is 23.3 Å². The summed E-state index contributed by atoms with van der Waals surface area (Å²) >= 11 is 3.54. The molecule has 1 aromatic carbocycles. The van der Waals surface area contributed by atoms with Crippen molar-refractivity contribution in [3.05, 3.63) is 57.8 Å². The summed E-state index contributed by atoms with van der Waals surface area (Å²) in [5.41, 5.74) is 3.38. The first-order valence-electron chi connectivity index (χ1n) is 7.13. The van der Waals surface area contributed by atoms with E-state index in [-0.39, 0.29) is 6.04 Å². The van der Waals surface area contributed by atoms with Crippen LogP contribution in [0.25, 0.3) is 0 Å². The number of rotatable bonds is 6. The quantitative estimate of drug-likeness (QED) is 0.854. The Morgan fingerprint density at radius 3 is 2.71 bits per heavy atom. The largest absolute Gasteiger partial charge is 0.496 e. The Labute approximate surface area is 134 Å². The van der Waals surface area contributed by atoms with Crippen molar-refractivity contribution < 1.29 is 4.74 Å². The molecule has 0 saturated heterocycles. The number of hydrogen-bond donors (Lipinski definition) is 1. The lowest BCUT2D eigenvalue weighted by Crippen LogP contribution is -2.24. The van der Waals surface area contributed by atoms with E-state index in [9.17, 15) is 0 Å². The van der Waals surface area contributed by atoms with Gasteiger partial charge in [-0.15, -0.1) is 0 Å². The molecule has 1 aromatic heterocycles. The second kappa shape index (κ2) is 7.57. The van der Waals surface area contributed by atoms with Gasteiger partial charge in [0.15, 0.2) is 0 Å². The molecule has 4 heteroatoms. The van der Waals surface area contributed by atoms with Crippen molar-refractivity contribution in [1.82, 2.24) is 10.3 Å². The standard InChI is InChI=1S/C17H21BrN2O/c1-4-19-16(15-7-5-6-12(2)20-15)11-13-8-9-17(21-3)14(18)10-13/h5-10,16,19H,4,11H2,1-3H3. The van der Waals surface area contributed by atoms with Crippen molar-refractivity contribution in [1.29, 1.82) is 0 Å². The molecule has 0 bridgehead atoms. The fourth-order valence-electron chi connectivity index (χ4n) is 2.36. The van der Waals surface area contributed by atoms with Crippen LogP contribution in [0.15, 0.2) is 40.9 Å². The van der Waals surface area contributed by atoms with Gasteiger partial charge in [0, 0.05) is 5.69 Å². The van der Waals surface area contributed by atoms with E-state index in [1.165, 1.54) is 5.56 Å². The zero-order valence-electron chi connectivity index (χ0n) is 12.7. The van der Waals surface area contributed by atoms with Crippen LogP contribution in [0.2, 0.25) is 0 Å². The molecule has 3 nitrogen and oxygen atoms in total. The summed E-state index contributed by atoms with van der Waals surface area (Å²) < 4.78 is 6.26. The van der Waals surface area contributed by atoms with E-state index >= 15 is 0 Å². The lowest BCUT2D eigenvalue weighted by Gasteiger charge is -2.18. The molecule has 112 valence electrons. The number of likely N-dealkylation sites (N-methyl/N-ethyl adjacent to an activating group) is 1. The maximum atomic E-state index is 5.28. The fourth-order valence-corrected chi connectivity index (χ4v) is 2.95. The smallest absolute Gasteiger partial charge is 0.133 e. The summed E-state index contributed by atoms with van der Waals surface area (Å²) in [6, 6.07) is 12.6. The summed E-state index contributed by atoms with van der Waals surface area (Å²) in [6.07, 6.45) is 0.896. The molecular weight excluding hydrogens is 328 g/mol. The number of nitrogens with one attached hydrogen (secondary N) is 1. The Hall–Kier alpha value is -1.39. The summed E-state index contributed by atoms with van der Waals surface area (Å²) in [4.78, 5) is 4.65. The highest BCUT2D eigenvalue weighted by Crippen LogP contribution is 2.27. The van der Waals surface area contributed by atoms with Gasteiger partial charge in [0.2, 0.25) is 0 Å². The van der Waals surface area contributed by atoms with Gasteiger partial charge in [-0.25, -0.2) is 0 Å². The van der Waals surface area contributed by atoms with E-state index in [1.807, 2.05) is 19.1 Å². The molecule has 1 unspecified atom stereocenters. The second-order valence-corrected chi connectivity index (χ2v) is 5.84. The molecule has 0 aliphatic heterocycles. The molecule has 2 aromatic rings. The predicted molar refractivity (Wildman–Crippen MR) is 89.8 cm³/mol. The normalized spacial score (nSPS) is 12.2. The fraction of sp³-hybridized carbons (Fsp3) is 0.353. The Kier molecular flexibility index (Phi) is 5.76. The molecule has 0 spiro atoms. The van der Waals surface area contributed by atoms with Crippen LogP contribution < -0.4 is 10.1 Å². The topological polar surface area (TPSA) is 34.1 Å². The lowest BCUT2D eigenvalue weighted by atomic mass is 10.0. The SMILES string of the molecule is CCNC(Cc1ccc(OC)c(Br)c1)c1cccc(C)n1. The number of halogens is 1. The van der Waals surface area contributed by atoms with Gasteiger partial charge in [-0.05, 0) is 65.6 Å². The highest BCUT2D eigenvalue weighted by atomic mass is 79.9. The van der Waals surface area contributed by atoms with E-state index in [4.69, 9.17) is 4.74 Å². The highest BCUT2D eigenvalue weighted by molar-refractivity contribution is 9.10. The van der Waals surface area contributed by atoms with E-state index in [0.29, 0.717) is 0 Å². The molecule has 1 atom stereocenters. The number of pyridine rings is 1. The van der Waals surface area contributed by atoms with Gasteiger partial charge in [0.25, 0.3) is 0 Å². The van der Waals surface area contributed by atoms with Gasteiger partial charge in [-0.2, -0.15) is 0 Å². The number of ether oxygens (including phenoxy) is 1. The first-order valence-corrected chi connectivity index (χ1v) is 7.92. The van der Waals surface area contributed by atoms with Crippen molar-refractivity contribution in [3.8, 4) is 5.75 Å². The zero-order valence-corrected chi connectivity index (χ0v) is 14.3. The zero-order chi connectivity index (χ0) is 15.2. The third-order valence-corrected chi connectivity index (χ3v) is 3.99. The average Bonchev–Trinajstić information content (AvgIpc) is 2.47. The van der Waals surface area contributed by atoms with Crippen LogP contribution in [0.1, 0.15) is 29.9 Å². The third-order valence-electron chi connectivity index (χ3n) is 3.37. The Morgan fingerprint density at radius 2 is 2.10 bits per heavy atom. The molecule has 1 heterocycles. The summed E-state index contributed by atoms with van der Waals surface area (Å²) in [5.74, 6) is 0.854. The van der Waals surface area contributed by atoms with E-state index in [2.05, 4.69) is 57.4 Å². The molecule has 0 aliphatic carbocycles. The van der Waals surface area contributed by atoms with E-state index < -0.39 is 0 Å². The van der Waals surface area contributed by atoms with Crippen LogP contribution in [0, 0.1) is 6.92 Å². The maximum Gasteiger partial charge on any atom is 0.133 e. The Morgan fingerprint density at radius 1 is 1.29 bits per heavy atom. The number of hydrogen-bond acceptors (Lipinski definition) is 3. The van der Waals surface area contributed by atoms with E-state index in [0.717, 1.165) is 34.6 Å². The molecule has 0 radical (unpaired) electrons. The van der Waals surface area contributed by atoms with Crippen LogP contribution >= 0.6 is 15.9 Å². The summed E-state index contributed by atoms with van der Waals surface area (Å²) in [5, 5.41) is 3.51. The van der Waals surface area contributed by atoms with Gasteiger partial charge >= 0.3 is 0 Å². The van der Waals surface area contributed by atoms with Gasteiger partial charge < -0.3 is 10.1 Å². The minimum Gasteiger partial charge on any atom is -0.496 e. The first kappa shape index (κ1) is 16.0. The van der Waals surface area contributed by atoms with Crippen molar-refractivity contribution in [2.45, 2.75) is 26.3 Å². The van der Waals surface area contributed by atoms with Gasteiger partial charge in [-0.1, -0.05) is 19.1 Å². The number of aromatic nitrogens is 1. The molecular formula is C17H21BrN2O. The van der Waals surface area contributed by atoms with Crippen LogP contribution in [0.3, 0.4) is 0 Å². The van der Waals surface area contributed by atoms with Crippen LogP contribution in [0.5, 0.6) is 5.75 Å². The van der Waals surface area contributed by atoms with E-state index in [1.54, 1.807) is 7.11 Å². The molecule has 0 saturated carbocycles. The Bertz CT molecular complexity index is 601. The minimum absolute atomic E-state index is 0.218. The number of benzene rings is 1. The van der Waals surface area contributed by atoms with Gasteiger partial charge in [0.1, 0.15) is 5.75 Å². The third kappa shape index (κ3) is 4.29. The molecule has 0 amide bonds.